The van der Waals surface area contributed by atoms with E-state index in [1.54, 1.807) is 0 Å². The van der Waals surface area contributed by atoms with Crippen molar-refractivity contribution < 1.29 is 59.6 Å². The number of nitrogen functional groups attached to an aromatic ring is 1. The number of hydrogen-bond donors (Lipinski definition) is 2. The zero-order valence-corrected chi connectivity index (χ0v) is 24.9. The highest BCUT2D eigenvalue weighted by molar-refractivity contribution is 7.48. The van der Waals surface area contributed by atoms with Crippen molar-refractivity contribution in [1.82, 2.24) is 29.1 Å². The second-order valence-corrected chi connectivity index (χ2v) is 12.9. The summed E-state index contributed by atoms with van der Waals surface area (Å²) in [4.78, 5) is 42.4. The van der Waals surface area contributed by atoms with E-state index in [0.29, 0.717) is 4.57 Å². The second-order valence-electron chi connectivity index (χ2n) is 9.67. The summed E-state index contributed by atoms with van der Waals surface area (Å²) in [6.07, 6.45) is -11.3. The summed E-state index contributed by atoms with van der Waals surface area (Å²) in [5, 5.41) is 0. The predicted molar refractivity (Wildman–Crippen MR) is 141 cm³/mol. The number of halogens is 2. The Morgan fingerprint density at radius 3 is 2.40 bits per heavy atom. The number of phosphoric acid groups is 2. The van der Waals surface area contributed by atoms with Crippen LogP contribution in [-0.2, 0) is 50.8 Å². The molecule has 3 aliphatic heterocycles. The summed E-state index contributed by atoms with van der Waals surface area (Å²) < 4.78 is 104. The first-order valence-corrected chi connectivity index (χ1v) is 15.9. The molecule has 0 aliphatic carbocycles. The van der Waals surface area contributed by atoms with E-state index in [1.807, 2.05) is 4.98 Å². The lowest BCUT2D eigenvalue weighted by Crippen LogP contribution is -2.37. The van der Waals surface area contributed by atoms with Gasteiger partial charge in [0, 0.05) is 19.4 Å². The average molecular weight is 683 g/mol. The van der Waals surface area contributed by atoms with Crippen LogP contribution in [0.5, 0.6) is 0 Å². The first-order valence-electron chi connectivity index (χ1n) is 12.9. The third-order valence-corrected chi connectivity index (χ3v) is 9.72. The molecular formula is C21H25F2N7O13P2. The van der Waals surface area contributed by atoms with Crippen molar-refractivity contribution in [2.45, 2.75) is 49.2 Å². The molecule has 3 aliphatic rings. The van der Waals surface area contributed by atoms with E-state index in [2.05, 4.69) is 19.8 Å². The van der Waals surface area contributed by atoms with Gasteiger partial charge in [0.15, 0.2) is 36.3 Å². The Kier molecular flexibility index (Phi) is 8.74. The molecule has 246 valence electrons. The summed E-state index contributed by atoms with van der Waals surface area (Å²) in [7, 11) is -7.77. The van der Waals surface area contributed by atoms with E-state index in [-0.39, 0.29) is 17.0 Å². The Balaban J connectivity index is 1.37. The van der Waals surface area contributed by atoms with Crippen molar-refractivity contribution in [3.63, 3.8) is 0 Å². The van der Waals surface area contributed by atoms with Crippen molar-refractivity contribution in [3.8, 4) is 0 Å². The third kappa shape index (κ3) is 5.99. The van der Waals surface area contributed by atoms with Gasteiger partial charge in [0.1, 0.15) is 36.3 Å². The molecule has 10 atom stereocenters. The summed E-state index contributed by atoms with van der Waals surface area (Å²) in [5.74, 6) is 0.00246. The van der Waals surface area contributed by atoms with Crippen molar-refractivity contribution in [3.05, 3.63) is 45.8 Å². The van der Waals surface area contributed by atoms with E-state index in [1.165, 1.54) is 10.9 Å². The third-order valence-electron chi connectivity index (χ3n) is 7.00. The van der Waals surface area contributed by atoms with Crippen LogP contribution >= 0.6 is 15.6 Å². The Hall–Kier alpha value is -3.01. The SMILES string of the molecule is COOP1(=O)OC[C@H]2O[C@@H](n3ccc(=O)[nH]c3=O)[C@H](F)[C@@H]2OP(=O)(OC)OC[C@H]2O[C@@H](n3cnc4c(N)ncnc43)[C@H](O1)[C@@H]2F. The quantitative estimate of drug-likeness (QED) is 0.213. The molecule has 2 bridgehead atoms. The monoisotopic (exact) mass is 683 g/mol. The number of nitrogens with one attached hydrogen (secondary N) is 1. The molecule has 3 N–H and O–H groups in total. The number of fused-ring (bicyclic) bond motifs is 4. The maximum Gasteiger partial charge on any atom is 0.502 e. The Bertz CT molecular complexity index is 1780. The molecule has 0 spiro atoms. The minimum Gasteiger partial charge on any atom is -0.382 e. The van der Waals surface area contributed by atoms with Crippen LogP contribution in [-0.4, -0.2) is 93.3 Å². The van der Waals surface area contributed by atoms with Crippen LogP contribution in [0.2, 0.25) is 0 Å². The number of alkyl halides is 2. The summed E-state index contributed by atoms with van der Waals surface area (Å²) >= 11 is 0. The van der Waals surface area contributed by atoms with Gasteiger partial charge in [-0.1, -0.05) is 0 Å². The lowest BCUT2D eigenvalue weighted by atomic mass is 10.1. The average Bonchev–Trinajstić information content (AvgIpc) is 3.66. The first-order chi connectivity index (χ1) is 21.5. The van der Waals surface area contributed by atoms with E-state index in [4.69, 9.17) is 42.5 Å². The molecule has 24 heteroatoms. The number of anilines is 1. The number of ether oxygens (including phenoxy) is 2. The predicted octanol–water partition coefficient (Wildman–Crippen LogP) is 0.688. The van der Waals surface area contributed by atoms with Gasteiger partial charge in [0.05, 0.1) is 26.7 Å². The molecule has 0 amide bonds. The summed E-state index contributed by atoms with van der Waals surface area (Å²) in [5.41, 5.74) is 4.28. The van der Waals surface area contributed by atoms with Crippen LogP contribution in [0, 0.1) is 0 Å². The molecule has 6 rings (SSSR count). The topological polar surface area (TPSA) is 242 Å². The van der Waals surface area contributed by atoms with Gasteiger partial charge in [-0.3, -0.25) is 41.5 Å². The molecule has 20 nitrogen and oxygen atoms in total. The van der Waals surface area contributed by atoms with Crippen LogP contribution in [0.25, 0.3) is 11.2 Å². The maximum absolute atomic E-state index is 16.0. The molecule has 0 saturated carbocycles. The molecule has 3 aromatic heterocycles. The van der Waals surface area contributed by atoms with Crippen LogP contribution in [0.3, 0.4) is 0 Å². The van der Waals surface area contributed by atoms with Crippen molar-refractivity contribution in [1.29, 1.82) is 0 Å². The van der Waals surface area contributed by atoms with Gasteiger partial charge in [0.2, 0.25) is 0 Å². The van der Waals surface area contributed by atoms with Crippen LogP contribution in [0.4, 0.5) is 14.6 Å². The highest BCUT2D eigenvalue weighted by Crippen LogP contribution is 2.58. The lowest BCUT2D eigenvalue weighted by Gasteiger charge is -2.27. The number of hydrogen-bond acceptors (Lipinski definition) is 17. The number of phosphoric ester groups is 2. The van der Waals surface area contributed by atoms with Gasteiger partial charge < -0.3 is 15.2 Å². The fourth-order valence-corrected chi connectivity index (χ4v) is 7.24. The molecule has 0 radical (unpaired) electrons. The maximum atomic E-state index is 16.0. The summed E-state index contributed by atoms with van der Waals surface area (Å²) in [6, 6.07) is 0.935. The smallest absolute Gasteiger partial charge is 0.382 e. The largest absolute Gasteiger partial charge is 0.502 e. The van der Waals surface area contributed by atoms with Crippen molar-refractivity contribution in [2.75, 3.05) is 33.2 Å². The van der Waals surface area contributed by atoms with Crippen molar-refractivity contribution in [2.24, 2.45) is 0 Å². The van der Waals surface area contributed by atoms with Gasteiger partial charge >= 0.3 is 21.3 Å². The van der Waals surface area contributed by atoms with Gasteiger partial charge in [-0.2, -0.15) is 0 Å². The van der Waals surface area contributed by atoms with E-state index in [9.17, 15) is 18.7 Å². The Morgan fingerprint density at radius 2 is 1.67 bits per heavy atom. The fraction of sp³-hybridized carbons (Fsp3) is 0.571. The standard InChI is InChI=1S/C21H25F2N7O13P2/c1-35-43-45(34)38-6-10-15(13(23)19(40-10)29-4-3-11(31)28-21(29)32)41-44(33,36-2)37-5-9-12(22)16(42-45)20(39-9)30-8-27-14-17(24)25-7-26-18(14)30/h3-4,7-10,12-13,15-16,19-20H,5-6H2,1-2H3,(H2,24,25,26)(H,28,31,32)/t9-,10-,12-,13-,15-,16-,19-,20-,44?,45?/m1/s1. The van der Waals surface area contributed by atoms with Gasteiger partial charge in [-0.15, -0.1) is 4.67 Å². The number of nitrogens with zero attached hydrogens (tertiary/aromatic N) is 5. The number of imidazole rings is 1. The highest BCUT2D eigenvalue weighted by Gasteiger charge is 2.56. The zero-order valence-electron chi connectivity index (χ0n) is 23.1. The molecule has 3 saturated heterocycles. The molecule has 6 heterocycles. The van der Waals surface area contributed by atoms with Crippen LogP contribution in [0.15, 0.2) is 34.5 Å². The van der Waals surface area contributed by atoms with Gasteiger partial charge in [-0.05, 0) is 0 Å². The van der Waals surface area contributed by atoms with E-state index in [0.717, 1.165) is 32.8 Å². The zero-order chi connectivity index (χ0) is 32.1. The lowest BCUT2D eigenvalue weighted by molar-refractivity contribution is -0.208. The number of aromatic nitrogens is 6. The second kappa shape index (κ2) is 12.3. The molecule has 3 fully saturated rings. The minimum absolute atomic E-state index is 0.00246. The molecule has 0 aromatic carbocycles. The summed E-state index contributed by atoms with van der Waals surface area (Å²) in [6.45, 7) is -1.71. The highest BCUT2D eigenvalue weighted by atomic mass is 31.2. The Labute approximate surface area is 249 Å². The number of nitrogens with two attached hydrogens (primary N) is 1. The number of H-pyrrole nitrogens is 1. The van der Waals surface area contributed by atoms with Crippen LogP contribution < -0.4 is 17.0 Å². The van der Waals surface area contributed by atoms with Gasteiger partial charge in [-0.25, -0.2) is 42.5 Å². The molecule has 2 unspecified atom stereocenters. The molecule has 3 aromatic rings. The fourth-order valence-electron chi connectivity index (χ4n) is 4.94. The first kappa shape index (κ1) is 32.0. The van der Waals surface area contributed by atoms with E-state index >= 15 is 8.78 Å². The number of aromatic amines is 1. The molecular weight excluding hydrogens is 658 g/mol. The normalized spacial score (nSPS) is 37.5. The molecule has 45 heavy (non-hydrogen) atoms. The Morgan fingerprint density at radius 1 is 0.956 bits per heavy atom. The van der Waals surface area contributed by atoms with Crippen molar-refractivity contribution >= 4 is 32.6 Å². The van der Waals surface area contributed by atoms with Gasteiger partial charge in [0.25, 0.3) is 5.56 Å². The number of rotatable bonds is 5. The minimum atomic E-state index is -4.94. The van der Waals surface area contributed by atoms with E-state index < -0.39 is 89.3 Å². The van der Waals surface area contributed by atoms with Crippen LogP contribution in [0.1, 0.15) is 12.5 Å².